The van der Waals surface area contributed by atoms with Gasteiger partial charge in [-0.05, 0) is 68.6 Å². The molecule has 0 spiro atoms. The van der Waals surface area contributed by atoms with Crippen molar-refractivity contribution in [3.05, 3.63) is 64.2 Å². The molecule has 1 aromatic carbocycles. The van der Waals surface area contributed by atoms with Crippen LogP contribution < -0.4 is 21.6 Å². The standard InChI is InChI=1S/C23H26N7O2P/c1-4-29-22(31)19-14-26-23(27-17-6-5-16-13-24-9-7-15(16)11-17)28-21(19)30(29)18-8-10-25-20(12-18)33(2,3)32/h5-6,8,10-12,14,24H,4,7,9,13H2,1-3H3,(H,26,27,28). The summed E-state index contributed by atoms with van der Waals surface area (Å²) in [4.78, 5) is 26.4. The fraction of sp³-hybridized carbons (Fsp3) is 0.304. The number of anilines is 2. The molecule has 9 nitrogen and oxygen atoms in total. The third kappa shape index (κ3) is 3.98. The molecular formula is C23H26N7O2P. The lowest BCUT2D eigenvalue weighted by Crippen LogP contribution is -2.23. The maximum atomic E-state index is 13.0. The molecule has 1 aliphatic rings. The summed E-state index contributed by atoms with van der Waals surface area (Å²) in [6.07, 6.45) is 4.15. The van der Waals surface area contributed by atoms with Gasteiger partial charge in [0.05, 0.1) is 5.69 Å². The van der Waals surface area contributed by atoms with Crippen molar-refractivity contribution in [1.82, 2.24) is 29.6 Å². The highest BCUT2D eigenvalue weighted by atomic mass is 31.2. The van der Waals surface area contributed by atoms with E-state index in [1.54, 1.807) is 47.2 Å². The first-order valence-corrected chi connectivity index (χ1v) is 13.6. The van der Waals surface area contributed by atoms with Crippen molar-refractivity contribution in [3.8, 4) is 5.69 Å². The molecule has 0 radical (unpaired) electrons. The zero-order valence-electron chi connectivity index (χ0n) is 18.9. The first kappa shape index (κ1) is 21.6. The van der Waals surface area contributed by atoms with E-state index < -0.39 is 7.14 Å². The Bertz CT molecular complexity index is 1470. The fourth-order valence-electron chi connectivity index (χ4n) is 4.15. The van der Waals surface area contributed by atoms with Crippen LogP contribution in [-0.2, 0) is 24.1 Å². The van der Waals surface area contributed by atoms with Crippen LogP contribution in [0.1, 0.15) is 18.1 Å². The van der Waals surface area contributed by atoms with Gasteiger partial charge < -0.3 is 15.2 Å². The van der Waals surface area contributed by atoms with E-state index in [2.05, 4.69) is 32.7 Å². The van der Waals surface area contributed by atoms with Crippen molar-refractivity contribution in [2.24, 2.45) is 0 Å². The maximum Gasteiger partial charge on any atom is 0.278 e. The Balaban J connectivity index is 1.61. The molecule has 4 aromatic rings. The third-order valence-electron chi connectivity index (χ3n) is 5.85. The van der Waals surface area contributed by atoms with E-state index in [1.165, 1.54) is 11.1 Å². The molecule has 3 aromatic heterocycles. The van der Waals surface area contributed by atoms with E-state index in [1.807, 2.05) is 13.0 Å². The molecule has 0 atom stereocenters. The molecule has 10 heteroatoms. The summed E-state index contributed by atoms with van der Waals surface area (Å²) >= 11 is 0. The molecule has 1 aliphatic heterocycles. The van der Waals surface area contributed by atoms with Crippen LogP contribution in [0.3, 0.4) is 0 Å². The van der Waals surface area contributed by atoms with E-state index in [0.717, 1.165) is 25.2 Å². The summed E-state index contributed by atoms with van der Waals surface area (Å²) in [5.74, 6) is 0.407. The van der Waals surface area contributed by atoms with Crippen molar-refractivity contribution in [3.63, 3.8) is 0 Å². The van der Waals surface area contributed by atoms with Gasteiger partial charge >= 0.3 is 0 Å². The highest BCUT2D eigenvalue weighted by molar-refractivity contribution is 7.69. The minimum Gasteiger partial charge on any atom is -0.324 e. The largest absolute Gasteiger partial charge is 0.324 e. The monoisotopic (exact) mass is 463 g/mol. The molecule has 33 heavy (non-hydrogen) atoms. The Morgan fingerprint density at radius 3 is 2.79 bits per heavy atom. The zero-order valence-corrected chi connectivity index (χ0v) is 19.8. The Hall–Kier alpha value is -3.29. The molecule has 170 valence electrons. The van der Waals surface area contributed by atoms with Crippen LogP contribution in [-0.4, -0.2) is 44.2 Å². The second-order valence-corrected chi connectivity index (χ2v) is 11.7. The minimum absolute atomic E-state index is 0.171. The number of nitrogens with one attached hydrogen (secondary N) is 2. The summed E-state index contributed by atoms with van der Waals surface area (Å²) in [6, 6.07) is 9.80. The summed E-state index contributed by atoms with van der Waals surface area (Å²) in [6.45, 7) is 7.55. The third-order valence-corrected chi connectivity index (χ3v) is 7.20. The maximum absolute atomic E-state index is 13.0. The van der Waals surface area contributed by atoms with E-state index >= 15 is 0 Å². The van der Waals surface area contributed by atoms with Gasteiger partial charge in [-0.3, -0.25) is 9.78 Å². The number of nitrogens with zero attached hydrogens (tertiary/aromatic N) is 5. The molecule has 5 rings (SSSR count). The van der Waals surface area contributed by atoms with Gasteiger partial charge in [-0.15, -0.1) is 0 Å². The molecule has 0 fully saturated rings. The summed E-state index contributed by atoms with van der Waals surface area (Å²) in [7, 11) is -2.57. The van der Waals surface area contributed by atoms with Crippen LogP contribution in [0.5, 0.6) is 0 Å². The molecule has 0 bridgehead atoms. The predicted octanol–water partition coefficient (Wildman–Crippen LogP) is 2.63. The lowest BCUT2D eigenvalue weighted by molar-refractivity contribution is 0.574. The fourth-order valence-corrected chi connectivity index (χ4v) is 4.94. The molecular weight excluding hydrogens is 437 g/mol. The van der Waals surface area contributed by atoms with Crippen molar-refractivity contribution in [2.75, 3.05) is 25.2 Å². The molecule has 2 N–H and O–H groups in total. The Morgan fingerprint density at radius 2 is 2.00 bits per heavy atom. The van der Waals surface area contributed by atoms with Crippen LogP contribution in [0.25, 0.3) is 16.7 Å². The van der Waals surface area contributed by atoms with Gasteiger partial charge in [-0.2, -0.15) is 4.98 Å². The van der Waals surface area contributed by atoms with Crippen molar-refractivity contribution in [2.45, 2.75) is 26.4 Å². The van der Waals surface area contributed by atoms with E-state index in [9.17, 15) is 9.36 Å². The summed E-state index contributed by atoms with van der Waals surface area (Å²) < 4.78 is 16.0. The van der Waals surface area contributed by atoms with E-state index in [0.29, 0.717) is 34.6 Å². The van der Waals surface area contributed by atoms with Gasteiger partial charge in [0.15, 0.2) is 5.65 Å². The number of hydrogen-bond acceptors (Lipinski definition) is 7. The molecule has 0 amide bonds. The SMILES string of the molecule is CCn1c(=O)c2cnc(Nc3ccc4c(c3)CCNC4)nc2n1-c1ccnc(P(C)(C)=O)c1. The second kappa shape index (κ2) is 8.24. The Kier molecular flexibility index (Phi) is 5.38. The lowest BCUT2D eigenvalue weighted by atomic mass is 10.0. The second-order valence-electron chi connectivity index (χ2n) is 8.52. The highest BCUT2D eigenvalue weighted by Crippen LogP contribution is 2.34. The first-order valence-electron chi connectivity index (χ1n) is 10.9. The van der Waals surface area contributed by atoms with Gasteiger partial charge in [0.1, 0.15) is 18.0 Å². The zero-order chi connectivity index (χ0) is 23.2. The van der Waals surface area contributed by atoms with E-state index in [-0.39, 0.29) is 5.56 Å². The molecule has 0 saturated heterocycles. The summed E-state index contributed by atoms with van der Waals surface area (Å²) in [5, 5.41) is 7.08. The van der Waals surface area contributed by atoms with Crippen LogP contribution in [0, 0.1) is 0 Å². The van der Waals surface area contributed by atoms with Crippen molar-refractivity contribution < 1.29 is 4.57 Å². The van der Waals surface area contributed by atoms with Crippen molar-refractivity contribution in [1.29, 1.82) is 0 Å². The first-order chi connectivity index (χ1) is 15.8. The number of aromatic nitrogens is 5. The van der Waals surface area contributed by atoms with Gasteiger partial charge in [0.25, 0.3) is 5.56 Å². The number of pyridine rings is 1. The quantitative estimate of drug-likeness (QED) is 0.438. The number of rotatable bonds is 5. The van der Waals surface area contributed by atoms with Gasteiger partial charge in [0.2, 0.25) is 5.95 Å². The molecule has 0 saturated carbocycles. The summed E-state index contributed by atoms with van der Waals surface area (Å²) in [5.41, 5.74) is 5.02. The average Bonchev–Trinajstić information content (AvgIpc) is 3.09. The van der Waals surface area contributed by atoms with Gasteiger partial charge in [-0.1, -0.05) is 6.07 Å². The smallest absolute Gasteiger partial charge is 0.278 e. The molecule has 4 heterocycles. The van der Waals surface area contributed by atoms with Crippen LogP contribution in [0.4, 0.5) is 11.6 Å². The lowest BCUT2D eigenvalue weighted by Gasteiger charge is -2.18. The van der Waals surface area contributed by atoms with Crippen LogP contribution >= 0.6 is 7.14 Å². The van der Waals surface area contributed by atoms with Crippen LogP contribution in [0.15, 0.2) is 47.5 Å². The predicted molar refractivity (Wildman–Crippen MR) is 131 cm³/mol. The highest BCUT2D eigenvalue weighted by Gasteiger charge is 2.19. The number of fused-ring (bicyclic) bond motifs is 2. The van der Waals surface area contributed by atoms with Gasteiger partial charge in [0, 0.05) is 31.2 Å². The molecule has 0 unspecified atom stereocenters. The average molecular weight is 463 g/mol. The topological polar surface area (TPSA) is 107 Å². The molecule has 0 aliphatic carbocycles. The Labute approximate surface area is 191 Å². The number of hydrogen-bond donors (Lipinski definition) is 2. The van der Waals surface area contributed by atoms with Crippen LogP contribution in [0.2, 0.25) is 0 Å². The number of benzene rings is 1. The van der Waals surface area contributed by atoms with Crippen molar-refractivity contribution >= 4 is 35.2 Å². The van der Waals surface area contributed by atoms with Gasteiger partial charge in [-0.25, -0.2) is 14.3 Å². The van der Waals surface area contributed by atoms with E-state index in [4.69, 9.17) is 4.98 Å². The Morgan fingerprint density at radius 1 is 1.15 bits per heavy atom. The normalized spacial score (nSPS) is 13.8. The minimum atomic E-state index is -2.57.